The van der Waals surface area contributed by atoms with Crippen LogP contribution in [-0.2, 0) is 11.0 Å². The predicted molar refractivity (Wildman–Crippen MR) is 70.9 cm³/mol. The monoisotopic (exact) mass is 300 g/mol. The molecule has 0 spiro atoms. The molecule has 1 aromatic carbocycles. The number of benzene rings is 1. The number of ketones is 1. The van der Waals surface area contributed by atoms with E-state index in [0.717, 1.165) is 6.07 Å². The standard InChI is InChI=1S/C14H15F3N2O2/c15-14(16,17)11-3-1-2-4-12(11)19-13(21)18-9-5-7-10(20)8-6-9/h1-4,9H,5-8H2,(H2,18,19,21). The van der Waals surface area contributed by atoms with Gasteiger partial charge >= 0.3 is 12.2 Å². The van der Waals surface area contributed by atoms with Gasteiger partial charge in [0.05, 0.1) is 11.3 Å². The predicted octanol–water partition coefficient (Wildman–Crippen LogP) is 3.34. The van der Waals surface area contributed by atoms with Crippen molar-refractivity contribution in [1.82, 2.24) is 5.32 Å². The number of hydrogen-bond acceptors (Lipinski definition) is 2. The molecule has 1 aliphatic rings. The second-order valence-corrected chi connectivity index (χ2v) is 4.95. The van der Waals surface area contributed by atoms with E-state index in [1.165, 1.54) is 18.2 Å². The maximum Gasteiger partial charge on any atom is 0.418 e. The smallest absolute Gasteiger partial charge is 0.335 e. The average Bonchev–Trinajstić information content (AvgIpc) is 2.41. The van der Waals surface area contributed by atoms with Crippen LogP contribution in [0.15, 0.2) is 24.3 Å². The number of carbonyl (C=O) groups excluding carboxylic acids is 2. The van der Waals surface area contributed by atoms with Gasteiger partial charge in [0.1, 0.15) is 5.78 Å². The third kappa shape index (κ3) is 4.21. The van der Waals surface area contributed by atoms with E-state index in [2.05, 4.69) is 10.6 Å². The number of alkyl halides is 3. The normalized spacial score (nSPS) is 16.6. The second-order valence-electron chi connectivity index (χ2n) is 4.95. The molecule has 7 heteroatoms. The summed E-state index contributed by atoms with van der Waals surface area (Å²) >= 11 is 0. The Bertz CT molecular complexity index is 533. The molecule has 0 unspecified atom stereocenters. The summed E-state index contributed by atoms with van der Waals surface area (Å²) in [7, 11) is 0. The largest absolute Gasteiger partial charge is 0.418 e. The molecule has 21 heavy (non-hydrogen) atoms. The molecule has 1 aliphatic carbocycles. The number of carbonyl (C=O) groups is 2. The summed E-state index contributed by atoms with van der Waals surface area (Å²) in [6.45, 7) is 0. The number of para-hydroxylation sites is 1. The van der Waals surface area contributed by atoms with Crippen molar-refractivity contribution in [2.75, 3.05) is 5.32 Å². The number of urea groups is 1. The van der Waals surface area contributed by atoms with Crippen LogP contribution in [0.2, 0.25) is 0 Å². The van der Waals surface area contributed by atoms with Crippen LogP contribution in [0.4, 0.5) is 23.7 Å². The zero-order valence-corrected chi connectivity index (χ0v) is 11.2. The highest BCUT2D eigenvalue weighted by atomic mass is 19.4. The molecule has 4 nitrogen and oxygen atoms in total. The van der Waals surface area contributed by atoms with Crippen molar-refractivity contribution in [3.63, 3.8) is 0 Å². The zero-order valence-electron chi connectivity index (χ0n) is 11.2. The van der Waals surface area contributed by atoms with Crippen LogP contribution in [0.25, 0.3) is 0 Å². The number of hydrogen-bond donors (Lipinski definition) is 2. The molecule has 1 fully saturated rings. The Kier molecular flexibility index (Phi) is 4.50. The fourth-order valence-corrected chi connectivity index (χ4v) is 2.27. The van der Waals surface area contributed by atoms with E-state index in [-0.39, 0.29) is 17.5 Å². The third-order valence-electron chi connectivity index (χ3n) is 3.36. The van der Waals surface area contributed by atoms with E-state index in [0.29, 0.717) is 25.7 Å². The summed E-state index contributed by atoms with van der Waals surface area (Å²) in [5, 5.41) is 4.82. The number of rotatable bonds is 2. The lowest BCUT2D eigenvalue weighted by Gasteiger charge is -2.22. The van der Waals surface area contributed by atoms with E-state index in [9.17, 15) is 22.8 Å². The molecule has 0 atom stereocenters. The van der Waals surface area contributed by atoms with Crippen LogP contribution in [0.1, 0.15) is 31.2 Å². The van der Waals surface area contributed by atoms with Gasteiger partial charge in [-0.05, 0) is 25.0 Å². The number of anilines is 1. The first-order valence-corrected chi connectivity index (χ1v) is 6.61. The minimum atomic E-state index is -4.53. The molecule has 0 aliphatic heterocycles. The summed E-state index contributed by atoms with van der Waals surface area (Å²) in [5.74, 6) is 0.149. The van der Waals surface area contributed by atoms with Crippen LogP contribution < -0.4 is 10.6 Å². The Morgan fingerprint density at radius 2 is 1.76 bits per heavy atom. The van der Waals surface area contributed by atoms with Crippen LogP contribution >= 0.6 is 0 Å². The first-order valence-electron chi connectivity index (χ1n) is 6.61. The highest BCUT2D eigenvalue weighted by Gasteiger charge is 2.33. The Balaban J connectivity index is 1.98. The molecule has 0 bridgehead atoms. The Hall–Kier alpha value is -2.05. The van der Waals surface area contributed by atoms with E-state index in [1.54, 1.807) is 0 Å². The maximum absolute atomic E-state index is 12.8. The lowest BCUT2D eigenvalue weighted by Crippen LogP contribution is -2.40. The minimum absolute atomic E-state index is 0.149. The maximum atomic E-state index is 12.8. The molecule has 2 amide bonds. The fraction of sp³-hybridized carbons (Fsp3) is 0.429. The van der Waals surface area contributed by atoms with Gasteiger partial charge in [0.25, 0.3) is 0 Å². The van der Waals surface area contributed by atoms with Crippen molar-refractivity contribution in [1.29, 1.82) is 0 Å². The third-order valence-corrected chi connectivity index (χ3v) is 3.36. The first kappa shape index (κ1) is 15.3. The lowest BCUT2D eigenvalue weighted by atomic mass is 9.94. The summed E-state index contributed by atoms with van der Waals surface area (Å²) in [6, 6.07) is 3.93. The average molecular weight is 300 g/mol. The topological polar surface area (TPSA) is 58.2 Å². The number of nitrogens with one attached hydrogen (secondary N) is 2. The molecule has 0 heterocycles. The van der Waals surface area contributed by atoms with Crippen LogP contribution in [-0.4, -0.2) is 17.9 Å². The molecule has 2 N–H and O–H groups in total. The molecular weight excluding hydrogens is 285 g/mol. The van der Waals surface area contributed by atoms with Gasteiger partial charge < -0.3 is 10.6 Å². The molecule has 0 aromatic heterocycles. The quantitative estimate of drug-likeness (QED) is 0.880. The van der Waals surface area contributed by atoms with E-state index in [1.807, 2.05) is 0 Å². The van der Waals surface area contributed by atoms with Crippen LogP contribution in [0.3, 0.4) is 0 Å². The van der Waals surface area contributed by atoms with Gasteiger partial charge in [-0.2, -0.15) is 13.2 Å². The number of Topliss-reactive ketones (excluding diaryl/α,β-unsaturated/α-hetero) is 1. The van der Waals surface area contributed by atoms with Crippen LogP contribution in [0, 0.1) is 0 Å². The van der Waals surface area contributed by atoms with Gasteiger partial charge in [-0.15, -0.1) is 0 Å². The Labute approximate surface area is 119 Å². The molecule has 1 aromatic rings. The van der Waals surface area contributed by atoms with Crippen LogP contribution in [0.5, 0.6) is 0 Å². The zero-order chi connectivity index (χ0) is 15.5. The van der Waals surface area contributed by atoms with Gasteiger partial charge in [0.15, 0.2) is 0 Å². The highest BCUT2D eigenvalue weighted by Crippen LogP contribution is 2.34. The highest BCUT2D eigenvalue weighted by molar-refractivity contribution is 5.90. The molecular formula is C14H15F3N2O2. The van der Waals surface area contributed by atoms with Crippen molar-refractivity contribution in [3.05, 3.63) is 29.8 Å². The fourth-order valence-electron chi connectivity index (χ4n) is 2.27. The van der Waals surface area contributed by atoms with Gasteiger partial charge in [-0.25, -0.2) is 4.79 Å². The van der Waals surface area contributed by atoms with Gasteiger partial charge in [0.2, 0.25) is 0 Å². The first-order chi connectivity index (χ1) is 9.86. The summed E-state index contributed by atoms with van der Waals surface area (Å²) in [4.78, 5) is 22.9. The number of amides is 2. The Morgan fingerprint density at radius 3 is 2.38 bits per heavy atom. The SMILES string of the molecule is O=C1CCC(NC(=O)Nc2ccccc2C(F)(F)F)CC1. The van der Waals surface area contributed by atoms with Gasteiger partial charge in [0, 0.05) is 18.9 Å². The van der Waals surface area contributed by atoms with E-state index >= 15 is 0 Å². The minimum Gasteiger partial charge on any atom is -0.335 e. The van der Waals surface area contributed by atoms with Crippen molar-refractivity contribution < 1.29 is 22.8 Å². The molecule has 114 valence electrons. The summed E-state index contributed by atoms with van der Waals surface area (Å²) < 4.78 is 38.4. The Morgan fingerprint density at radius 1 is 1.14 bits per heavy atom. The molecule has 1 saturated carbocycles. The number of halogens is 3. The molecule has 0 radical (unpaired) electrons. The molecule has 2 rings (SSSR count). The van der Waals surface area contributed by atoms with Crippen molar-refractivity contribution in [2.45, 2.75) is 37.9 Å². The second kappa shape index (κ2) is 6.15. The van der Waals surface area contributed by atoms with Crippen molar-refractivity contribution in [2.24, 2.45) is 0 Å². The van der Waals surface area contributed by atoms with Gasteiger partial charge in [-0.1, -0.05) is 12.1 Å². The lowest BCUT2D eigenvalue weighted by molar-refractivity contribution is -0.137. The van der Waals surface area contributed by atoms with E-state index in [4.69, 9.17) is 0 Å². The summed E-state index contributed by atoms with van der Waals surface area (Å²) in [5.41, 5.74) is -1.17. The van der Waals surface area contributed by atoms with Crippen molar-refractivity contribution >= 4 is 17.5 Å². The van der Waals surface area contributed by atoms with Crippen molar-refractivity contribution in [3.8, 4) is 0 Å². The van der Waals surface area contributed by atoms with Gasteiger partial charge in [-0.3, -0.25) is 4.79 Å². The van der Waals surface area contributed by atoms with E-state index < -0.39 is 17.8 Å². The summed E-state index contributed by atoms with van der Waals surface area (Å²) in [6.07, 6.45) is -2.70. The molecule has 0 saturated heterocycles.